The van der Waals surface area contributed by atoms with E-state index in [0.29, 0.717) is 6.42 Å². The van der Waals surface area contributed by atoms with E-state index in [9.17, 15) is 13.6 Å². The van der Waals surface area contributed by atoms with Crippen molar-refractivity contribution < 1.29 is 18.7 Å². The average Bonchev–Trinajstić information content (AvgIpc) is 2.65. The number of alkyl halides is 2. The minimum atomic E-state index is -2.86. The molecule has 0 aromatic heterocycles. The minimum Gasteiger partial charge on any atom is -0.394 e. The van der Waals surface area contributed by atoms with Gasteiger partial charge < -0.3 is 15.3 Å². The number of nitrogens with one attached hydrogen (secondary N) is 1. The van der Waals surface area contributed by atoms with Crippen LogP contribution in [0.1, 0.15) is 25.7 Å². The molecule has 2 atom stereocenters. The predicted molar refractivity (Wildman–Crippen MR) is 57.8 cm³/mol. The number of aliphatic hydroxyl groups excluding tert-OH is 1. The molecule has 2 rings (SSSR count). The summed E-state index contributed by atoms with van der Waals surface area (Å²) in [4.78, 5) is 13.2. The van der Waals surface area contributed by atoms with Crippen LogP contribution in [-0.2, 0) is 4.79 Å². The molecule has 2 aliphatic rings. The number of halogens is 2. The third-order valence-electron chi connectivity index (χ3n) is 3.48. The normalized spacial score (nSPS) is 32.8. The van der Waals surface area contributed by atoms with Gasteiger partial charge in [-0.3, -0.25) is 4.79 Å². The summed E-state index contributed by atoms with van der Waals surface area (Å²) >= 11 is 0. The minimum absolute atomic E-state index is 0.291. The molecule has 0 aliphatic carbocycles. The molecule has 0 radical (unpaired) electrons. The topological polar surface area (TPSA) is 52.6 Å². The zero-order valence-electron chi connectivity index (χ0n) is 9.66. The lowest BCUT2D eigenvalue weighted by Gasteiger charge is -2.30. The summed E-state index contributed by atoms with van der Waals surface area (Å²) in [6, 6.07) is -1.09. The van der Waals surface area contributed by atoms with E-state index in [1.807, 2.05) is 0 Å². The molecule has 98 valence electrons. The van der Waals surface area contributed by atoms with Gasteiger partial charge in [-0.25, -0.2) is 8.78 Å². The van der Waals surface area contributed by atoms with Crippen molar-refractivity contribution >= 4 is 5.91 Å². The molecule has 0 unspecified atom stereocenters. The average molecular weight is 248 g/mol. The second-order valence-corrected chi connectivity index (χ2v) is 4.87. The standard InChI is InChI=1S/C11H18F2N2O2/c12-11(13)5-8(6-16)15(7-11)10(17)9-3-1-2-4-14-9/h8-9,14,16H,1-7H2/t8-,9-/m1/s1. The van der Waals surface area contributed by atoms with E-state index in [-0.39, 0.29) is 11.9 Å². The van der Waals surface area contributed by atoms with Crippen molar-refractivity contribution in [3.8, 4) is 0 Å². The smallest absolute Gasteiger partial charge is 0.267 e. The van der Waals surface area contributed by atoms with E-state index in [1.54, 1.807) is 0 Å². The van der Waals surface area contributed by atoms with Crippen LogP contribution in [0, 0.1) is 0 Å². The Bertz CT molecular complexity index is 293. The van der Waals surface area contributed by atoms with Gasteiger partial charge in [0.25, 0.3) is 5.92 Å². The number of carbonyl (C=O) groups is 1. The van der Waals surface area contributed by atoms with Gasteiger partial charge in [0.05, 0.1) is 25.2 Å². The van der Waals surface area contributed by atoms with E-state index in [0.717, 1.165) is 24.3 Å². The van der Waals surface area contributed by atoms with Gasteiger partial charge in [-0.1, -0.05) is 6.42 Å². The highest BCUT2D eigenvalue weighted by Crippen LogP contribution is 2.32. The number of carbonyl (C=O) groups excluding carboxylic acids is 1. The van der Waals surface area contributed by atoms with Gasteiger partial charge >= 0.3 is 0 Å². The highest BCUT2D eigenvalue weighted by molar-refractivity contribution is 5.82. The highest BCUT2D eigenvalue weighted by atomic mass is 19.3. The van der Waals surface area contributed by atoms with Gasteiger partial charge in [0, 0.05) is 6.42 Å². The van der Waals surface area contributed by atoms with Crippen molar-refractivity contribution in [2.24, 2.45) is 0 Å². The Hall–Kier alpha value is -0.750. The van der Waals surface area contributed by atoms with E-state index in [2.05, 4.69) is 5.32 Å². The van der Waals surface area contributed by atoms with Gasteiger partial charge in [0.15, 0.2) is 0 Å². The summed E-state index contributed by atoms with van der Waals surface area (Å²) in [6.45, 7) is -0.201. The number of aliphatic hydroxyl groups is 1. The van der Waals surface area contributed by atoms with Gasteiger partial charge in [-0.15, -0.1) is 0 Å². The summed E-state index contributed by atoms with van der Waals surface area (Å²) in [5.74, 6) is -3.15. The molecule has 17 heavy (non-hydrogen) atoms. The van der Waals surface area contributed by atoms with Crippen LogP contribution in [0.15, 0.2) is 0 Å². The SMILES string of the molecule is O=C([C@H]1CCCCN1)N1CC(F)(F)C[C@@H]1CO. The molecular weight excluding hydrogens is 230 g/mol. The zero-order chi connectivity index (χ0) is 12.5. The fraction of sp³-hybridized carbons (Fsp3) is 0.909. The molecule has 2 heterocycles. The third-order valence-corrected chi connectivity index (χ3v) is 3.48. The molecule has 6 heteroatoms. The Kier molecular flexibility index (Phi) is 3.63. The van der Waals surface area contributed by atoms with E-state index < -0.39 is 31.5 Å². The second-order valence-electron chi connectivity index (χ2n) is 4.87. The van der Waals surface area contributed by atoms with E-state index in [4.69, 9.17) is 5.11 Å². The van der Waals surface area contributed by atoms with Gasteiger partial charge in [0.2, 0.25) is 5.91 Å². The first kappa shape index (κ1) is 12.7. The van der Waals surface area contributed by atoms with Gasteiger partial charge in [-0.2, -0.15) is 0 Å². The summed E-state index contributed by atoms with van der Waals surface area (Å²) in [6.07, 6.45) is 2.22. The summed E-state index contributed by atoms with van der Waals surface area (Å²) in [5.41, 5.74) is 0. The zero-order valence-corrected chi connectivity index (χ0v) is 9.66. The first-order valence-electron chi connectivity index (χ1n) is 6.06. The maximum atomic E-state index is 13.2. The molecule has 2 N–H and O–H groups in total. The Labute approximate surface area is 99.0 Å². The summed E-state index contributed by atoms with van der Waals surface area (Å²) in [5, 5.41) is 12.1. The van der Waals surface area contributed by atoms with Crippen LogP contribution in [-0.4, -0.2) is 53.6 Å². The number of piperidine rings is 1. The van der Waals surface area contributed by atoms with Crippen molar-refractivity contribution in [2.75, 3.05) is 19.7 Å². The summed E-state index contributed by atoms with van der Waals surface area (Å²) < 4.78 is 26.5. The lowest BCUT2D eigenvalue weighted by atomic mass is 10.0. The maximum Gasteiger partial charge on any atom is 0.267 e. The predicted octanol–water partition coefficient (Wildman–Crippen LogP) is 0.357. The lowest BCUT2D eigenvalue weighted by Crippen LogP contribution is -2.51. The molecule has 0 spiro atoms. The van der Waals surface area contributed by atoms with Crippen LogP contribution < -0.4 is 5.32 Å². The number of hydrogen-bond acceptors (Lipinski definition) is 3. The molecule has 0 bridgehead atoms. The molecule has 2 fully saturated rings. The number of likely N-dealkylation sites (tertiary alicyclic amines) is 1. The largest absolute Gasteiger partial charge is 0.394 e. The Balaban J connectivity index is 2.02. The van der Waals surface area contributed by atoms with Crippen molar-refractivity contribution in [2.45, 2.75) is 43.7 Å². The second kappa shape index (κ2) is 4.86. The first-order valence-corrected chi connectivity index (χ1v) is 6.06. The first-order chi connectivity index (χ1) is 8.03. The molecule has 0 saturated carbocycles. The highest BCUT2D eigenvalue weighted by Gasteiger charge is 2.47. The van der Waals surface area contributed by atoms with E-state index in [1.165, 1.54) is 0 Å². The Morgan fingerprint density at radius 1 is 1.47 bits per heavy atom. The quantitative estimate of drug-likeness (QED) is 0.741. The van der Waals surface area contributed by atoms with Crippen molar-refractivity contribution in [1.82, 2.24) is 10.2 Å². The number of nitrogens with zero attached hydrogens (tertiary/aromatic N) is 1. The molecule has 2 saturated heterocycles. The molecule has 0 aromatic carbocycles. The fourth-order valence-corrected chi connectivity index (χ4v) is 2.58. The molecule has 4 nitrogen and oxygen atoms in total. The van der Waals surface area contributed by atoms with Crippen LogP contribution in [0.2, 0.25) is 0 Å². The molecule has 1 amide bonds. The van der Waals surface area contributed by atoms with Crippen LogP contribution in [0.5, 0.6) is 0 Å². The Morgan fingerprint density at radius 2 is 2.24 bits per heavy atom. The van der Waals surface area contributed by atoms with Gasteiger partial charge in [-0.05, 0) is 19.4 Å². The fourth-order valence-electron chi connectivity index (χ4n) is 2.58. The Morgan fingerprint density at radius 3 is 2.82 bits per heavy atom. The van der Waals surface area contributed by atoms with Crippen LogP contribution in [0.3, 0.4) is 0 Å². The van der Waals surface area contributed by atoms with Crippen molar-refractivity contribution in [1.29, 1.82) is 0 Å². The third kappa shape index (κ3) is 2.74. The monoisotopic (exact) mass is 248 g/mol. The van der Waals surface area contributed by atoms with Crippen LogP contribution in [0.25, 0.3) is 0 Å². The van der Waals surface area contributed by atoms with Crippen LogP contribution in [0.4, 0.5) is 8.78 Å². The van der Waals surface area contributed by atoms with Crippen molar-refractivity contribution in [3.05, 3.63) is 0 Å². The summed E-state index contributed by atoms with van der Waals surface area (Å²) in [7, 11) is 0. The molecule has 0 aromatic rings. The molecular formula is C11H18F2N2O2. The number of hydrogen-bond donors (Lipinski definition) is 2. The number of rotatable bonds is 2. The number of amides is 1. The molecule has 2 aliphatic heterocycles. The van der Waals surface area contributed by atoms with Gasteiger partial charge in [0.1, 0.15) is 0 Å². The van der Waals surface area contributed by atoms with E-state index >= 15 is 0 Å². The lowest BCUT2D eigenvalue weighted by molar-refractivity contribution is -0.136. The maximum absolute atomic E-state index is 13.2. The van der Waals surface area contributed by atoms with Crippen LogP contribution >= 0.6 is 0 Å². The van der Waals surface area contributed by atoms with Crippen molar-refractivity contribution in [3.63, 3.8) is 0 Å².